The summed E-state index contributed by atoms with van der Waals surface area (Å²) in [6, 6.07) is 0. The molecule has 6 nitrogen and oxygen atoms in total. The Bertz CT molecular complexity index is 517. The van der Waals surface area contributed by atoms with Gasteiger partial charge in [-0.1, -0.05) is 20.8 Å². The molecule has 0 aliphatic carbocycles. The third-order valence-electron chi connectivity index (χ3n) is 4.08. The van der Waals surface area contributed by atoms with Crippen molar-refractivity contribution in [2.24, 2.45) is 10.9 Å². The van der Waals surface area contributed by atoms with Crippen LogP contribution in [0, 0.1) is 5.92 Å². The lowest BCUT2D eigenvalue weighted by molar-refractivity contribution is 0.0320. The maximum atomic E-state index is 5.40. The number of hydrogen-bond acceptors (Lipinski definition) is 5. The minimum absolute atomic E-state index is 0. The van der Waals surface area contributed by atoms with Gasteiger partial charge in [0, 0.05) is 38.6 Å². The lowest BCUT2D eigenvalue weighted by atomic mass is 10.1. The van der Waals surface area contributed by atoms with Gasteiger partial charge in [0.25, 0.3) is 0 Å². The molecule has 1 fully saturated rings. The second-order valence-corrected chi connectivity index (χ2v) is 7.59. The molecule has 2 rings (SSSR count). The minimum Gasteiger partial charge on any atom is -0.379 e. The number of hydrogen-bond donors (Lipinski definition) is 2. The van der Waals surface area contributed by atoms with Crippen molar-refractivity contribution in [2.45, 2.75) is 33.2 Å². The van der Waals surface area contributed by atoms with Crippen molar-refractivity contribution in [1.82, 2.24) is 20.5 Å². The van der Waals surface area contributed by atoms with Crippen molar-refractivity contribution in [1.29, 1.82) is 0 Å². The SMILES string of the molecule is CN=C(NCc1nc(C(C)C)cs1)NCC(C)CN1CCOCC1.I. The van der Waals surface area contributed by atoms with E-state index in [2.05, 4.69) is 51.7 Å². The van der Waals surface area contributed by atoms with Crippen LogP contribution in [0.4, 0.5) is 0 Å². The average Bonchev–Trinajstić information content (AvgIpc) is 3.05. The fourth-order valence-corrected chi connectivity index (χ4v) is 3.51. The fraction of sp³-hybridized carbons (Fsp3) is 0.765. The first-order chi connectivity index (χ1) is 11.6. The second kappa shape index (κ2) is 12.0. The van der Waals surface area contributed by atoms with E-state index in [-0.39, 0.29) is 24.0 Å². The monoisotopic (exact) mass is 481 g/mol. The summed E-state index contributed by atoms with van der Waals surface area (Å²) in [5, 5.41) is 10.0. The highest BCUT2D eigenvalue weighted by Crippen LogP contribution is 2.17. The minimum atomic E-state index is 0. The van der Waals surface area contributed by atoms with E-state index < -0.39 is 0 Å². The van der Waals surface area contributed by atoms with Gasteiger partial charge in [-0.05, 0) is 11.8 Å². The van der Waals surface area contributed by atoms with Crippen molar-refractivity contribution in [3.8, 4) is 0 Å². The topological polar surface area (TPSA) is 61.8 Å². The van der Waals surface area contributed by atoms with Gasteiger partial charge in [-0.15, -0.1) is 35.3 Å². The van der Waals surface area contributed by atoms with E-state index in [1.165, 1.54) is 5.69 Å². The van der Waals surface area contributed by atoms with Crippen LogP contribution >= 0.6 is 35.3 Å². The van der Waals surface area contributed by atoms with E-state index in [4.69, 9.17) is 4.74 Å². The summed E-state index contributed by atoms with van der Waals surface area (Å²) >= 11 is 1.70. The average molecular weight is 481 g/mol. The van der Waals surface area contributed by atoms with E-state index in [0.717, 1.165) is 56.9 Å². The molecule has 8 heteroatoms. The van der Waals surface area contributed by atoms with Gasteiger partial charge >= 0.3 is 0 Å². The number of nitrogens with one attached hydrogen (secondary N) is 2. The number of guanidine groups is 1. The molecule has 2 N–H and O–H groups in total. The van der Waals surface area contributed by atoms with E-state index in [1.54, 1.807) is 11.3 Å². The van der Waals surface area contributed by atoms with Crippen LogP contribution in [0.1, 0.15) is 37.4 Å². The van der Waals surface area contributed by atoms with Crippen molar-refractivity contribution >= 4 is 41.3 Å². The number of nitrogens with zero attached hydrogens (tertiary/aromatic N) is 3. The predicted octanol–water partition coefficient (Wildman–Crippen LogP) is 2.52. The van der Waals surface area contributed by atoms with Crippen LogP contribution in [0.25, 0.3) is 0 Å². The van der Waals surface area contributed by atoms with Crippen molar-refractivity contribution in [2.75, 3.05) is 46.4 Å². The quantitative estimate of drug-likeness (QED) is 0.356. The van der Waals surface area contributed by atoms with Gasteiger partial charge in [0.2, 0.25) is 0 Å². The van der Waals surface area contributed by atoms with Crippen molar-refractivity contribution in [3.05, 3.63) is 16.1 Å². The molecule has 0 bridgehead atoms. The maximum Gasteiger partial charge on any atom is 0.191 e. The lowest BCUT2D eigenvalue weighted by Crippen LogP contribution is -2.43. The third kappa shape index (κ3) is 8.19. The number of morpholine rings is 1. The van der Waals surface area contributed by atoms with Gasteiger partial charge < -0.3 is 15.4 Å². The Morgan fingerprint density at radius 1 is 1.32 bits per heavy atom. The largest absolute Gasteiger partial charge is 0.379 e. The zero-order valence-electron chi connectivity index (χ0n) is 15.7. The zero-order chi connectivity index (χ0) is 17.4. The number of ether oxygens (including phenoxy) is 1. The van der Waals surface area contributed by atoms with E-state index in [0.29, 0.717) is 11.8 Å². The van der Waals surface area contributed by atoms with Crippen LogP contribution in [-0.4, -0.2) is 62.3 Å². The Kier molecular flexibility index (Phi) is 10.9. The van der Waals surface area contributed by atoms with Gasteiger partial charge in [-0.3, -0.25) is 9.89 Å². The molecule has 25 heavy (non-hydrogen) atoms. The summed E-state index contributed by atoms with van der Waals surface area (Å²) < 4.78 is 5.40. The Hall–Kier alpha value is -0.450. The van der Waals surface area contributed by atoms with Gasteiger partial charge in [0.1, 0.15) is 5.01 Å². The van der Waals surface area contributed by atoms with Crippen molar-refractivity contribution in [3.63, 3.8) is 0 Å². The van der Waals surface area contributed by atoms with Crippen LogP contribution < -0.4 is 10.6 Å². The highest BCUT2D eigenvalue weighted by Gasteiger charge is 2.14. The van der Waals surface area contributed by atoms with Crippen LogP contribution in [0.3, 0.4) is 0 Å². The van der Waals surface area contributed by atoms with Gasteiger partial charge in [0.05, 0.1) is 25.5 Å². The normalized spacial score (nSPS) is 17.2. The van der Waals surface area contributed by atoms with Gasteiger partial charge in [0.15, 0.2) is 5.96 Å². The highest BCUT2D eigenvalue weighted by atomic mass is 127. The first kappa shape index (κ1) is 22.6. The van der Waals surface area contributed by atoms with Crippen molar-refractivity contribution < 1.29 is 4.74 Å². The Labute approximate surface area is 172 Å². The third-order valence-corrected chi connectivity index (χ3v) is 4.95. The highest BCUT2D eigenvalue weighted by molar-refractivity contribution is 14.0. The molecule has 1 aromatic heterocycles. The Balaban J connectivity index is 0.00000312. The molecule has 1 aromatic rings. The first-order valence-corrected chi connectivity index (χ1v) is 9.65. The summed E-state index contributed by atoms with van der Waals surface area (Å²) in [7, 11) is 1.81. The Morgan fingerprint density at radius 3 is 2.64 bits per heavy atom. The predicted molar refractivity (Wildman–Crippen MR) is 116 cm³/mol. The van der Waals surface area contributed by atoms with E-state index in [9.17, 15) is 0 Å². The number of rotatable bonds is 7. The Morgan fingerprint density at radius 2 is 2.04 bits per heavy atom. The lowest BCUT2D eigenvalue weighted by Gasteiger charge is -2.29. The second-order valence-electron chi connectivity index (χ2n) is 6.65. The molecular formula is C17H32IN5OS. The molecular weight excluding hydrogens is 449 g/mol. The fourth-order valence-electron chi connectivity index (χ4n) is 2.61. The molecule has 0 radical (unpaired) electrons. The first-order valence-electron chi connectivity index (χ1n) is 8.77. The molecule has 1 aliphatic rings. The molecule has 0 spiro atoms. The molecule has 0 amide bonds. The summed E-state index contributed by atoms with van der Waals surface area (Å²) in [4.78, 5) is 11.4. The summed E-state index contributed by atoms with van der Waals surface area (Å²) in [6.07, 6.45) is 0. The number of aliphatic imine (C=N–C) groups is 1. The maximum absolute atomic E-state index is 5.40. The standard InChI is InChI=1S/C17H31N5OS.HI/c1-13(2)15-12-24-16(21-15)10-20-17(18-4)19-9-14(3)11-22-5-7-23-8-6-22;/h12-14H,5-11H2,1-4H3,(H2,18,19,20);1H. The zero-order valence-corrected chi connectivity index (χ0v) is 18.9. The molecule has 1 atom stereocenters. The molecule has 0 aromatic carbocycles. The number of thiazole rings is 1. The van der Waals surface area contributed by atoms with Crippen LogP contribution in [-0.2, 0) is 11.3 Å². The van der Waals surface area contributed by atoms with Crippen LogP contribution in [0.5, 0.6) is 0 Å². The molecule has 0 saturated carbocycles. The molecule has 2 heterocycles. The molecule has 1 aliphatic heterocycles. The van der Waals surface area contributed by atoms with Crippen LogP contribution in [0.15, 0.2) is 10.4 Å². The van der Waals surface area contributed by atoms with E-state index >= 15 is 0 Å². The van der Waals surface area contributed by atoms with Gasteiger partial charge in [-0.2, -0.15) is 0 Å². The van der Waals surface area contributed by atoms with Crippen LogP contribution in [0.2, 0.25) is 0 Å². The summed E-state index contributed by atoms with van der Waals surface area (Å²) in [5.41, 5.74) is 1.17. The van der Waals surface area contributed by atoms with E-state index in [1.807, 2.05) is 7.05 Å². The number of halogens is 1. The summed E-state index contributed by atoms with van der Waals surface area (Å²) in [5.74, 6) is 1.88. The summed E-state index contributed by atoms with van der Waals surface area (Å²) in [6.45, 7) is 13.1. The smallest absolute Gasteiger partial charge is 0.191 e. The number of aromatic nitrogens is 1. The molecule has 1 unspecified atom stereocenters. The molecule has 144 valence electrons. The molecule has 1 saturated heterocycles. The van der Waals surface area contributed by atoms with Gasteiger partial charge in [-0.25, -0.2) is 4.98 Å².